The Labute approximate surface area is 224 Å². The Bertz CT molecular complexity index is 1260. The van der Waals surface area contributed by atoms with Crippen LogP contribution in [0, 0.1) is 17.8 Å². The molecule has 1 saturated heterocycles. The number of rotatable bonds is 6. The van der Waals surface area contributed by atoms with E-state index < -0.39 is 16.1 Å². The minimum atomic E-state index is -3.74. The number of sulfonamides is 1. The quantitative estimate of drug-likeness (QED) is 0.494. The van der Waals surface area contributed by atoms with Gasteiger partial charge in [0.2, 0.25) is 5.91 Å². The summed E-state index contributed by atoms with van der Waals surface area (Å²) in [6.45, 7) is 0.319. The highest BCUT2D eigenvalue weighted by Crippen LogP contribution is 2.55. The summed E-state index contributed by atoms with van der Waals surface area (Å²) in [7, 11) is -3.74. The molecule has 5 fully saturated rings. The molecule has 1 aliphatic heterocycles. The summed E-state index contributed by atoms with van der Waals surface area (Å²) in [6.07, 6.45) is 8.39. The van der Waals surface area contributed by atoms with Crippen molar-refractivity contribution in [2.75, 3.05) is 11.9 Å². The molecule has 0 spiro atoms. The first-order valence-corrected chi connectivity index (χ1v) is 15.8. The largest absolute Gasteiger partial charge is 0.347 e. The predicted octanol–water partition coefficient (Wildman–Crippen LogP) is 5.00. The van der Waals surface area contributed by atoms with E-state index in [2.05, 4.69) is 26.6 Å². The lowest BCUT2D eigenvalue weighted by molar-refractivity contribution is -0.119. The van der Waals surface area contributed by atoms with E-state index in [0.717, 1.165) is 52.1 Å². The number of nitrogens with one attached hydrogen (secondary N) is 2. The molecule has 2 amide bonds. The fourth-order valence-corrected chi connectivity index (χ4v) is 11.1. The molecular formula is C26H30BrN3O4S2. The number of thiophene rings is 1. The Balaban J connectivity index is 1.10. The molecule has 2 heterocycles. The zero-order chi connectivity index (χ0) is 25.1. The van der Waals surface area contributed by atoms with Gasteiger partial charge in [-0.1, -0.05) is 0 Å². The van der Waals surface area contributed by atoms with Crippen molar-refractivity contribution in [3.05, 3.63) is 45.7 Å². The van der Waals surface area contributed by atoms with Crippen LogP contribution in [-0.4, -0.2) is 42.7 Å². The zero-order valence-electron chi connectivity index (χ0n) is 19.9. The van der Waals surface area contributed by atoms with Crippen LogP contribution in [0.1, 0.15) is 61.7 Å². The molecule has 5 aliphatic rings. The second kappa shape index (κ2) is 9.22. The highest BCUT2D eigenvalue weighted by molar-refractivity contribution is 9.11. The van der Waals surface area contributed by atoms with Gasteiger partial charge in [0.05, 0.1) is 3.79 Å². The van der Waals surface area contributed by atoms with Gasteiger partial charge in [0.1, 0.15) is 10.3 Å². The van der Waals surface area contributed by atoms with Crippen LogP contribution in [0.5, 0.6) is 0 Å². The van der Waals surface area contributed by atoms with Gasteiger partial charge in [0.15, 0.2) is 0 Å². The number of carbonyl (C=O) groups is 2. The molecule has 4 aliphatic carbocycles. The minimum absolute atomic E-state index is 0.0473. The molecule has 2 aromatic rings. The van der Waals surface area contributed by atoms with Gasteiger partial charge in [-0.3, -0.25) is 9.59 Å². The molecule has 1 atom stereocenters. The van der Waals surface area contributed by atoms with Crippen LogP contribution in [0.4, 0.5) is 5.69 Å². The maximum Gasteiger partial charge on any atom is 0.253 e. The molecule has 4 bridgehead atoms. The highest BCUT2D eigenvalue weighted by Gasteiger charge is 2.51. The smallest absolute Gasteiger partial charge is 0.253 e. The first-order chi connectivity index (χ1) is 17.2. The van der Waals surface area contributed by atoms with Gasteiger partial charge in [-0.2, -0.15) is 4.31 Å². The zero-order valence-corrected chi connectivity index (χ0v) is 23.1. The Morgan fingerprint density at radius 3 is 2.19 bits per heavy atom. The lowest BCUT2D eigenvalue weighted by Gasteiger charge is -2.56. The standard InChI is InChI=1S/C26H30BrN3O4S2/c27-22-7-8-23(35-22)36(33,34)30-9-1-2-21(30)25(32)28-20-5-3-19(4-6-20)24(31)29-26-13-16-10-17(14-26)12-18(11-16)15-26/h3-8,16-18,21H,1-2,9-15H2,(H,28,32)(H,29,31). The van der Waals surface area contributed by atoms with E-state index in [1.165, 1.54) is 23.6 Å². The number of nitrogens with zero attached hydrogens (tertiary/aromatic N) is 1. The summed E-state index contributed by atoms with van der Waals surface area (Å²) in [4.78, 5) is 26.1. The molecule has 2 N–H and O–H groups in total. The molecule has 0 radical (unpaired) electrons. The highest BCUT2D eigenvalue weighted by atomic mass is 79.9. The molecule has 1 aromatic carbocycles. The van der Waals surface area contributed by atoms with Crippen molar-refractivity contribution in [1.82, 2.24) is 9.62 Å². The van der Waals surface area contributed by atoms with Crippen LogP contribution in [-0.2, 0) is 14.8 Å². The number of hydrogen-bond acceptors (Lipinski definition) is 5. The van der Waals surface area contributed by atoms with Gasteiger partial charge in [-0.05, 0) is 121 Å². The lowest BCUT2D eigenvalue weighted by atomic mass is 9.53. The van der Waals surface area contributed by atoms with Crippen LogP contribution >= 0.6 is 27.3 Å². The Morgan fingerprint density at radius 2 is 1.61 bits per heavy atom. The van der Waals surface area contributed by atoms with Gasteiger partial charge in [0, 0.05) is 23.3 Å². The van der Waals surface area contributed by atoms with Crippen LogP contribution in [0.25, 0.3) is 0 Å². The van der Waals surface area contributed by atoms with E-state index in [1.807, 2.05) is 0 Å². The Morgan fingerprint density at radius 1 is 0.972 bits per heavy atom. The van der Waals surface area contributed by atoms with Crippen molar-refractivity contribution < 1.29 is 18.0 Å². The summed E-state index contributed by atoms with van der Waals surface area (Å²) in [5, 5.41) is 6.24. The van der Waals surface area contributed by atoms with Gasteiger partial charge in [-0.15, -0.1) is 11.3 Å². The van der Waals surface area contributed by atoms with Crippen molar-refractivity contribution >= 4 is 54.8 Å². The number of benzene rings is 1. The van der Waals surface area contributed by atoms with E-state index in [-0.39, 0.29) is 21.6 Å². The van der Waals surface area contributed by atoms with E-state index >= 15 is 0 Å². The van der Waals surface area contributed by atoms with Gasteiger partial charge < -0.3 is 10.6 Å². The molecule has 1 unspecified atom stereocenters. The number of anilines is 1. The molecule has 192 valence electrons. The van der Waals surface area contributed by atoms with Crippen LogP contribution in [0.2, 0.25) is 0 Å². The number of halogens is 1. The second-order valence-corrected chi connectivity index (χ2v) is 15.6. The topological polar surface area (TPSA) is 95.6 Å². The van der Waals surface area contributed by atoms with Crippen molar-refractivity contribution in [2.24, 2.45) is 17.8 Å². The summed E-state index contributed by atoms with van der Waals surface area (Å²) in [6, 6.07) is 9.41. The van der Waals surface area contributed by atoms with E-state index in [4.69, 9.17) is 0 Å². The first-order valence-electron chi connectivity index (χ1n) is 12.7. The van der Waals surface area contributed by atoms with E-state index in [9.17, 15) is 18.0 Å². The minimum Gasteiger partial charge on any atom is -0.347 e. The monoisotopic (exact) mass is 591 g/mol. The third kappa shape index (κ3) is 4.54. The van der Waals surface area contributed by atoms with E-state index in [0.29, 0.717) is 30.6 Å². The van der Waals surface area contributed by atoms with Gasteiger partial charge >= 0.3 is 0 Å². The Kier molecular flexibility index (Phi) is 6.29. The predicted molar refractivity (Wildman–Crippen MR) is 142 cm³/mol. The second-order valence-electron chi connectivity index (χ2n) is 11.1. The molecule has 4 saturated carbocycles. The van der Waals surface area contributed by atoms with Crippen molar-refractivity contribution in [3.8, 4) is 0 Å². The van der Waals surface area contributed by atoms with Crippen LogP contribution in [0.3, 0.4) is 0 Å². The molecule has 36 heavy (non-hydrogen) atoms. The van der Waals surface area contributed by atoms with Crippen LogP contribution in [0.15, 0.2) is 44.4 Å². The number of amides is 2. The average Bonchev–Trinajstić information content (AvgIpc) is 3.48. The molecule has 1 aromatic heterocycles. The van der Waals surface area contributed by atoms with Crippen molar-refractivity contribution in [2.45, 2.75) is 67.2 Å². The first kappa shape index (κ1) is 24.6. The number of carbonyl (C=O) groups excluding carboxylic acids is 2. The SMILES string of the molecule is O=C(NC12CC3CC(CC(C3)C1)C2)c1ccc(NC(=O)C2CCCN2S(=O)(=O)c2ccc(Br)s2)cc1. The molecule has 7 rings (SSSR count). The fourth-order valence-electron chi connectivity index (χ4n) is 7.35. The molecular weight excluding hydrogens is 562 g/mol. The lowest BCUT2D eigenvalue weighted by Crippen LogP contribution is -2.59. The summed E-state index contributed by atoms with van der Waals surface area (Å²) >= 11 is 4.45. The van der Waals surface area contributed by atoms with Crippen molar-refractivity contribution in [3.63, 3.8) is 0 Å². The maximum atomic E-state index is 13.1. The summed E-state index contributed by atoms with van der Waals surface area (Å²) in [5.74, 6) is 1.88. The normalized spacial score (nSPS) is 31.5. The summed E-state index contributed by atoms with van der Waals surface area (Å²) < 4.78 is 28.4. The summed E-state index contributed by atoms with van der Waals surface area (Å²) in [5.41, 5.74) is 1.08. The fraction of sp³-hybridized carbons (Fsp3) is 0.538. The molecule has 10 heteroatoms. The van der Waals surface area contributed by atoms with Gasteiger partial charge in [0.25, 0.3) is 15.9 Å². The van der Waals surface area contributed by atoms with Crippen LogP contribution < -0.4 is 10.6 Å². The third-order valence-electron chi connectivity index (χ3n) is 8.45. The average molecular weight is 593 g/mol. The van der Waals surface area contributed by atoms with E-state index in [1.54, 1.807) is 36.4 Å². The number of hydrogen-bond donors (Lipinski definition) is 2. The van der Waals surface area contributed by atoms with Crippen molar-refractivity contribution in [1.29, 1.82) is 0 Å². The maximum absolute atomic E-state index is 13.1. The molecule has 7 nitrogen and oxygen atoms in total. The van der Waals surface area contributed by atoms with Gasteiger partial charge in [-0.25, -0.2) is 8.42 Å². The third-order valence-corrected chi connectivity index (χ3v) is 12.4. The Hall–Kier alpha value is -1.75.